The van der Waals surface area contributed by atoms with Crippen LogP contribution >= 0.6 is 12.2 Å². The van der Waals surface area contributed by atoms with Crippen LogP contribution in [0.15, 0.2) is 29.5 Å². The number of hydrogen-bond acceptors (Lipinski definition) is 5. The molecule has 23 heavy (non-hydrogen) atoms. The van der Waals surface area contributed by atoms with Gasteiger partial charge in [-0.2, -0.15) is 0 Å². The highest BCUT2D eigenvalue weighted by atomic mass is 32.1. The zero-order valence-corrected chi connectivity index (χ0v) is 14.4. The van der Waals surface area contributed by atoms with E-state index in [1.54, 1.807) is 20.3 Å². The molecule has 1 atom stereocenters. The van der Waals surface area contributed by atoms with Gasteiger partial charge in [-0.15, -0.1) is 0 Å². The van der Waals surface area contributed by atoms with Crippen molar-refractivity contribution in [1.82, 2.24) is 10.6 Å². The molecular formula is C16H20N2O4S. The number of para-hydroxylation sites is 1. The van der Waals surface area contributed by atoms with Crippen molar-refractivity contribution in [1.29, 1.82) is 0 Å². The molecule has 1 aromatic carbocycles. The molecule has 1 aliphatic rings. The largest absolute Gasteiger partial charge is 0.493 e. The maximum absolute atomic E-state index is 12.3. The molecule has 1 aromatic rings. The van der Waals surface area contributed by atoms with E-state index in [4.69, 9.17) is 26.4 Å². The zero-order valence-electron chi connectivity index (χ0n) is 13.6. The molecule has 0 fully saturated rings. The number of allylic oxidation sites excluding steroid dienone is 1. The first-order chi connectivity index (χ1) is 11.1. The fourth-order valence-electron chi connectivity index (χ4n) is 2.62. The topological polar surface area (TPSA) is 68.8 Å². The Kier molecular flexibility index (Phi) is 5.44. The van der Waals surface area contributed by atoms with Crippen molar-refractivity contribution >= 4 is 23.3 Å². The molecule has 0 amide bonds. The third-order valence-corrected chi connectivity index (χ3v) is 3.88. The van der Waals surface area contributed by atoms with Crippen molar-refractivity contribution in [3.8, 4) is 11.5 Å². The van der Waals surface area contributed by atoms with Gasteiger partial charge in [0.25, 0.3) is 0 Å². The molecule has 1 heterocycles. The van der Waals surface area contributed by atoms with E-state index >= 15 is 0 Å². The van der Waals surface area contributed by atoms with Gasteiger partial charge in [-0.1, -0.05) is 19.1 Å². The molecule has 0 aliphatic carbocycles. The van der Waals surface area contributed by atoms with Gasteiger partial charge >= 0.3 is 5.97 Å². The molecule has 124 valence electrons. The molecule has 0 spiro atoms. The van der Waals surface area contributed by atoms with Crippen LogP contribution in [0.4, 0.5) is 0 Å². The number of esters is 1. The minimum absolute atomic E-state index is 0.417. The van der Waals surface area contributed by atoms with Gasteiger partial charge in [0, 0.05) is 11.3 Å². The summed E-state index contributed by atoms with van der Waals surface area (Å²) >= 11 is 5.26. The highest BCUT2D eigenvalue weighted by molar-refractivity contribution is 7.80. The Bertz CT molecular complexity index is 657. The SMILES string of the molecule is CCC1=C(C(=O)OC)C(c2cccc(OC)c2OC)NC(=S)N1. The monoisotopic (exact) mass is 336 g/mol. The van der Waals surface area contributed by atoms with Crippen molar-refractivity contribution in [2.75, 3.05) is 21.3 Å². The van der Waals surface area contributed by atoms with E-state index in [0.717, 1.165) is 11.3 Å². The van der Waals surface area contributed by atoms with Crippen LogP contribution in [0.25, 0.3) is 0 Å². The Balaban J connectivity index is 2.64. The van der Waals surface area contributed by atoms with E-state index in [-0.39, 0.29) is 0 Å². The molecular weight excluding hydrogens is 316 g/mol. The summed E-state index contributed by atoms with van der Waals surface area (Å²) < 4.78 is 15.8. The minimum atomic E-state index is -0.476. The number of hydrogen-bond donors (Lipinski definition) is 2. The molecule has 0 saturated heterocycles. The number of rotatable bonds is 5. The second kappa shape index (κ2) is 7.32. The summed E-state index contributed by atoms with van der Waals surface area (Å²) in [6.45, 7) is 1.94. The molecule has 0 bridgehead atoms. The van der Waals surface area contributed by atoms with Gasteiger partial charge in [0.2, 0.25) is 0 Å². The summed E-state index contributed by atoms with van der Waals surface area (Å²) in [5.74, 6) is 0.715. The summed E-state index contributed by atoms with van der Waals surface area (Å²) in [4.78, 5) is 12.3. The maximum atomic E-state index is 12.3. The Morgan fingerprint density at radius 3 is 2.57 bits per heavy atom. The van der Waals surface area contributed by atoms with E-state index < -0.39 is 12.0 Å². The van der Waals surface area contributed by atoms with E-state index in [0.29, 0.717) is 28.6 Å². The Morgan fingerprint density at radius 1 is 1.26 bits per heavy atom. The Labute approximate surface area is 140 Å². The third-order valence-electron chi connectivity index (χ3n) is 3.66. The molecule has 1 unspecified atom stereocenters. The smallest absolute Gasteiger partial charge is 0.337 e. The quantitative estimate of drug-likeness (QED) is 0.630. The van der Waals surface area contributed by atoms with Crippen LogP contribution in [0.3, 0.4) is 0 Å². The first kappa shape index (κ1) is 17.1. The Hall–Kier alpha value is -2.28. The molecule has 0 aromatic heterocycles. The van der Waals surface area contributed by atoms with Crippen LogP contribution in [0.1, 0.15) is 24.9 Å². The summed E-state index contributed by atoms with van der Waals surface area (Å²) in [5.41, 5.74) is 1.97. The predicted octanol–water partition coefficient (Wildman–Crippen LogP) is 2.06. The highest BCUT2D eigenvalue weighted by Crippen LogP contribution is 2.39. The second-order valence-corrected chi connectivity index (χ2v) is 5.26. The molecule has 6 nitrogen and oxygen atoms in total. The maximum Gasteiger partial charge on any atom is 0.337 e. The minimum Gasteiger partial charge on any atom is -0.493 e. The number of methoxy groups -OCH3 is 3. The lowest BCUT2D eigenvalue weighted by atomic mass is 9.93. The van der Waals surface area contributed by atoms with E-state index in [1.807, 2.05) is 19.1 Å². The van der Waals surface area contributed by atoms with Crippen molar-refractivity contribution in [3.63, 3.8) is 0 Å². The van der Waals surface area contributed by atoms with Crippen LogP contribution in [-0.4, -0.2) is 32.4 Å². The van der Waals surface area contributed by atoms with Crippen LogP contribution in [-0.2, 0) is 9.53 Å². The third kappa shape index (κ3) is 3.24. The Morgan fingerprint density at radius 2 is 2.00 bits per heavy atom. The number of nitrogens with one attached hydrogen (secondary N) is 2. The van der Waals surface area contributed by atoms with Crippen LogP contribution in [0.5, 0.6) is 11.5 Å². The summed E-state index contributed by atoms with van der Waals surface area (Å²) in [7, 11) is 4.48. The number of ether oxygens (including phenoxy) is 3. The average molecular weight is 336 g/mol. The van der Waals surface area contributed by atoms with Crippen LogP contribution in [0.2, 0.25) is 0 Å². The number of carbonyl (C=O) groups excluding carboxylic acids is 1. The fourth-order valence-corrected chi connectivity index (χ4v) is 2.86. The van der Waals surface area contributed by atoms with E-state index in [9.17, 15) is 4.79 Å². The lowest BCUT2D eigenvalue weighted by Gasteiger charge is -2.31. The molecule has 7 heteroatoms. The van der Waals surface area contributed by atoms with Gasteiger partial charge in [0.15, 0.2) is 16.6 Å². The second-order valence-electron chi connectivity index (χ2n) is 4.85. The van der Waals surface area contributed by atoms with Crippen molar-refractivity contribution in [2.45, 2.75) is 19.4 Å². The normalized spacial score (nSPS) is 17.2. The average Bonchev–Trinajstić information content (AvgIpc) is 2.59. The van der Waals surface area contributed by atoms with Gasteiger partial charge in [0.1, 0.15) is 0 Å². The van der Waals surface area contributed by atoms with Crippen molar-refractivity contribution in [2.24, 2.45) is 0 Å². The highest BCUT2D eigenvalue weighted by Gasteiger charge is 2.33. The zero-order chi connectivity index (χ0) is 17.0. The summed E-state index contributed by atoms with van der Waals surface area (Å²) in [6.07, 6.45) is 0.620. The fraction of sp³-hybridized carbons (Fsp3) is 0.375. The summed E-state index contributed by atoms with van der Waals surface area (Å²) in [6, 6.07) is 5.02. The van der Waals surface area contributed by atoms with Crippen molar-refractivity contribution < 1.29 is 19.0 Å². The van der Waals surface area contributed by atoms with E-state index in [2.05, 4.69) is 10.6 Å². The first-order valence-corrected chi connectivity index (χ1v) is 7.57. The molecule has 2 N–H and O–H groups in total. The molecule has 0 radical (unpaired) electrons. The lowest BCUT2D eigenvalue weighted by Crippen LogP contribution is -2.45. The first-order valence-electron chi connectivity index (χ1n) is 7.17. The van der Waals surface area contributed by atoms with E-state index in [1.165, 1.54) is 7.11 Å². The number of thiocarbonyl (C=S) groups is 1. The molecule has 2 rings (SSSR count). The van der Waals surface area contributed by atoms with Crippen LogP contribution in [0, 0.1) is 0 Å². The van der Waals surface area contributed by atoms with Crippen LogP contribution < -0.4 is 20.1 Å². The number of carbonyl (C=O) groups is 1. The lowest BCUT2D eigenvalue weighted by molar-refractivity contribution is -0.136. The predicted molar refractivity (Wildman–Crippen MR) is 90.5 cm³/mol. The number of benzene rings is 1. The molecule has 0 saturated carbocycles. The van der Waals surface area contributed by atoms with Gasteiger partial charge in [-0.25, -0.2) is 4.79 Å². The molecule has 1 aliphatic heterocycles. The van der Waals surface area contributed by atoms with Gasteiger partial charge in [-0.3, -0.25) is 0 Å². The van der Waals surface area contributed by atoms with Gasteiger partial charge < -0.3 is 24.8 Å². The van der Waals surface area contributed by atoms with Crippen molar-refractivity contribution in [3.05, 3.63) is 35.0 Å². The summed E-state index contributed by atoms with van der Waals surface area (Å²) in [5, 5.41) is 6.59. The van der Waals surface area contributed by atoms with Gasteiger partial charge in [0.05, 0.1) is 32.9 Å². The van der Waals surface area contributed by atoms with Gasteiger partial charge in [-0.05, 0) is 24.7 Å². The standard InChI is InChI=1S/C16H20N2O4S/c1-5-10-12(15(19)22-4)13(18-16(23)17-10)9-7-6-8-11(20-2)14(9)21-3/h6-8,13H,5H2,1-4H3,(H2,17,18,23).